The molecule has 1 heterocycles. The normalized spacial score (nSPS) is 11.5. The van der Waals surface area contributed by atoms with Gasteiger partial charge in [-0.25, -0.2) is 9.78 Å². The van der Waals surface area contributed by atoms with Crippen LogP contribution in [0, 0.1) is 13.8 Å². The number of thiazole rings is 1. The molecule has 2 aromatic carbocycles. The molecule has 0 fully saturated rings. The second-order valence-electron chi connectivity index (χ2n) is 6.56. The Balaban J connectivity index is 1.72. The maximum atomic E-state index is 12.7. The highest BCUT2D eigenvalue weighted by Crippen LogP contribution is 2.35. The predicted molar refractivity (Wildman–Crippen MR) is 111 cm³/mol. The fraction of sp³-hybridized carbons (Fsp3) is 0.238. The first-order valence-electron chi connectivity index (χ1n) is 8.85. The molecular weight excluding hydrogens is 435 g/mol. The fourth-order valence-corrected chi connectivity index (χ4v) is 4.91. The van der Waals surface area contributed by atoms with Crippen molar-refractivity contribution in [3.63, 3.8) is 0 Å². The summed E-state index contributed by atoms with van der Waals surface area (Å²) < 4.78 is 43.5. The van der Waals surface area contributed by atoms with Gasteiger partial charge in [-0.05, 0) is 49.7 Å². The minimum atomic E-state index is -4.36. The zero-order valence-electron chi connectivity index (χ0n) is 16.1. The summed E-state index contributed by atoms with van der Waals surface area (Å²) in [7, 11) is 0. The van der Waals surface area contributed by atoms with E-state index in [0.29, 0.717) is 22.1 Å². The van der Waals surface area contributed by atoms with Crippen LogP contribution in [0.2, 0.25) is 0 Å². The van der Waals surface area contributed by atoms with Crippen molar-refractivity contribution in [3.8, 4) is 16.3 Å². The molecule has 1 aromatic heterocycles. The first-order chi connectivity index (χ1) is 14.1. The Kier molecular flexibility index (Phi) is 6.72. The van der Waals surface area contributed by atoms with Crippen LogP contribution in [-0.2, 0) is 16.7 Å². The van der Waals surface area contributed by atoms with Gasteiger partial charge < -0.3 is 9.84 Å². The third-order valence-corrected chi connectivity index (χ3v) is 6.50. The molecule has 0 amide bonds. The van der Waals surface area contributed by atoms with E-state index in [1.54, 1.807) is 23.9 Å². The number of alkyl halides is 3. The number of carboxylic acid groups (broad SMARTS) is 1. The molecule has 9 heteroatoms. The van der Waals surface area contributed by atoms with Gasteiger partial charge in [0.05, 0.1) is 11.3 Å². The number of carbonyl (C=O) groups is 1. The van der Waals surface area contributed by atoms with Crippen molar-refractivity contribution in [2.75, 3.05) is 6.61 Å². The Morgan fingerprint density at radius 3 is 2.50 bits per heavy atom. The van der Waals surface area contributed by atoms with Gasteiger partial charge in [0.2, 0.25) is 0 Å². The number of hydrogen-bond acceptors (Lipinski definition) is 5. The average molecular weight is 454 g/mol. The molecule has 0 spiro atoms. The van der Waals surface area contributed by atoms with E-state index in [1.165, 1.54) is 23.5 Å². The van der Waals surface area contributed by atoms with Crippen molar-refractivity contribution in [1.82, 2.24) is 4.98 Å². The van der Waals surface area contributed by atoms with Gasteiger partial charge in [-0.2, -0.15) is 13.2 Å². The van der Waals surface area contributed by atoms with Crippen LogP contribution in [0.25, 0.3) is 10.6 Å². The summed E-state index contributed by atoms with van der Waals surface area (Å²) in [5.41, 5.74) is 1.74. The van der Waals surface area contributed by atoms with Gasteiger partial charge in [0.15, 0.2) is 6.61 Å². The number of halogens is 3. The van der Waals surface area contributed by atoms with E-state index in [9.17, 15) is 18.0 Å². The molecule has 4 nitrogen and oxygen atoms in total. The first kappa shape index (κ1) is 22.2. The lowest BCUT2D eigenvalue weighted by molar-refractivity contribution is -0.139. The van der Waals surface area contributed by atoms with E-state index >= 15 is 0 Å². The maximum absolute atomic E-state index is 12.7. The summed E-state index contributed by atoms with van der Waals surface area (Å²) >= 11 is 3.00. The van der Waals surface area contributed by atoms with Gasteiger partial charge in [0, 0.05) is 21.1 Å². The van der Waals surface area contributed by atoms with Crippen LogP contribution in [-0.4, -0.2) is 22.7 Å². The van der Waals surface area contributed by atoms with Crippen LogP contribution in [0.5, 0.6) is 5.75 Å². The molecular formula is C21H18F3NO3S2. The fourth-order valence-electron chi connectivity index (χ4n) is 2.66. The van der Waals surface area contributed by atoms with E-state index in [0.717, 1.165) is 33.2 Å². The van der Waals surface area contributed by atoms with Crippen LogP contribution in [0.1, 0.15) is 21.7 Å². The number of aromatic nitrogens is 1. The van der Waals surface area contributed by atoms with Crippen molar-refractivity contribution >= 4 is 29.1 Å². The molecule has 3 rings (SSSR count). The summed E-state index contributed by atoms with van der Waals surface area (Å²) in [5, 5.41) is 9.43. The van der Waals surface area contributed by atoms with Gasteiger partial charge in [-0.15, -0.1) is 23.1 Å². The lowest BCUT2D eigenvalue weighted by Gasteiger charge is -2.08. The third-order valence-electron chi connectivity index (χ3n) is 4.11. The minimum Gasteiger partial charge on any atom is -0.482 e. The Labute approximate surface area is 179 Å². The van der Waals surface area contributed by atoms with Crippen LogP contribution in [0.3, 0.4) is 0 Å². The van der Waals surface area contributed by atoms with Crippen molar-refractivity contribution in [1.29, 1.82) is 0 Å². The minimum absolute atomic E-state index is 0.405. The number of thioether (sulfide) groups is 1. The summed E-state index contributed by atoms with van der Waals surface area (Å²) in [6, 6.07) is 10.5. The van der Waals surface area contributed by atoms with Crippen LogP contribution in [0.4, 0.5) is 13.2 Å². The zero-order valence-corrected chi connectivity index (χ0v) is 17.7. The Hall–Kier alpha value is -2.52. The molecule has 0 aliphatic rings. The average Bonchev–Trinajstić information content (AvgIpc) is 3.04. The van der Waals surface area contributed by atoms with Gasteiger partial charge in [0.25, 0.3) is 0 Å². The molecule has 0 aliphatic carbocycles. The van der Waals surface area contributed by atoms with Crippen molar-refractivity contribution in [2.24, 2.45) is 0 Å². The summed E-state index contributed by atoms with van der Waals surface area (Å²) in [5.74, 6) is 0.0829. The van der Waals surface area contributed by atoms with E-state index in [2.05, 4.69) is 4.98 Å². The molecule has 0 radical (unpaired) electrons. The lowest BCUT2D eigenvalue weighted by atomic mass is 10.1. The van der Waals surface area contributed by atoms with Gasteiger partial charge in [0.1, 0.15) is 10.8 Å². The third kappa shape index (κ3) is 5.76. The van der Waals surface area contributed by atoms with E-state index < -0.39 is 24.3 Å². The van der Waals surface area contributed by atoms with E-state index in [-0.39, 0.29) is 0 Å². The van der Waals surface area contributed by atoms with Gasteiger partial charge in [-0.3, -0.25) is 0 Å². The van der Waals surface area contributed by atoms with E-state index in [4.69, 9.17) is 9.84 Å². The highest BCUT2D eigenvalue weighted by Gasteiger charge is 2.30. The monoisotopic (exact) mass is 453 g/mol. The van der Waals surface area contributed by atoms with Crippen molar-refractivity contribution in [2.45, 2.75) is 30.7 Å². The highest BCUT2D eigenvalue weighted by molar-refractivity contribution is 7.98. The lowest BCUT2D eigenvalue weighted by Crippen LogP contribution is -2.09. The number of aliphatic carboxylic acids is 1. The molecule has 0 saturated carbocycles. The Bertz CT molecular complexity index is 1050. The molecule has 0 saturated heterocycles. The SMILES string of the molecule is Cc1cc(OCC(=O)O)cc(SCc2sc(-c3ccc(C(F)(F)F)cc3)nc2C)c1. The molecule has 0 aliphatic heterocycles. The molecule has 0 bridgehead atoms. The molecule has 3 aromatic rings. The number of carboxylic acids is 1. The zero-order chi connectivity index (χ0) is 21.9. The number of benzene rings is 2. The van der Waals surface area contributed by atoms with Crippen molar-refractivity contribution in [3.05, 3.63) is 64.2 Å². The standard InChI is InChI=1S/C21H18F3NO3S2/c1-12-7-16(28-10-19(26)27)9-17(8-12)29-11-18-13(2)25-20(30-18)14-3-5-15(6-4-14)21(22,23)24/h3-9H,10-11H2,1-2H3,(H,26,27). The Morgan fingerprint density at radius 1 is 1.17 bits per heavy atom. The number of rotatable bonds is 7. The molecule has 30 heavy (non-hydrogen) atoms. The maximum Gasteiger partial charge on any atom is 0.416 e. The highest BCUT2D eigenvalue weighted by atomic mass is 32.2. The largest absolute Gasteiger partial charge is 0.482 e. The molecule has 0 atom stereocenters. The smallest absolute Gasteiger partial charge is 0.416 e. The first-order valence-corrected chi connectivity index (χ1v) is 10.6. The van der Waals surface area contributed by atoms with Crippen LogP contribution < -0.4 is 4.74 Å². The summed E-state index contributed by atoms with van der Waals surface area (Å²) in [4.78, 5) is 17.1. The number of nitrogens with zero attached hydrogens (tertiary/aromatic N) is 1. The second kappa shape index (κ2) is 9.09. The van der Waals surface area contributed by atoms with Crippen LogP contribution >= 0.6 is 23.1 Å². The summed E-state index contributed by atoms with van der Waals surface area (Å²) in [6.07, 6.45) is -4.36. The van der Waals surface area contributed by atoms with E-state index in [1.807, 2.05) is 19.9 Å². The number of ether oxygens (including phenoxy) is 1. The van der Waals surface area contributed by atoms with Crippen LogP contribution in [0.15, 0.2) is 47.4 Å². The molecule has 158 valence electrons. The summed E-state index contributed by atoms with van der Waals surface area (Å²) in [6.45, 7) is 3.37. The number of aryl methyl sites for hydroxylation is 2. The van der Waals surface area contributed by atoms with Gasteiger partial charge >= 0.3 is 12.1 Å². The van der Waals surface area contributed by atoms with Gasteiger partial charge in [-0.1, -0.05) is 12.1 Å². The Morgan fingerprint density at radius 2 is 1.87 bits per heavy atom. The second-order valence-corrected chi connectivity index (χ2v) is 8.69. The molecule has 1 N–H and O–H groups in total. The topological polar surface area (TPSA) is 59.4 Å². The quantitative estimate of drug-likeness (QED) is 0.432. The molecule has 0 unspecified atom stereocenters. The number of hydrogen-bond donors (Lipinski definition) is 1. The van der Waals surface area contributed by atoms with Crippen molar-refractivity contribution < 1.29 is 27.8 Å². The predicted octanol–water partition coefficient (Wildman–Crippen LogP) is 6.20.